The van der Waals surface area contributed by atoms with Crippen LogP contribution in [0.1, 0.15) is 49.7 Å². The average Bonchev–Trinajstić information content (AvgIpc) is 3.27. The minimum absolute atomic E-state index is 0.238. The summed E-state index contributed by atoms with van der Waals surface area (Å²) in [6.45, 7) is 2.97. The molecule has 0 saturated heterocycles. The Kier molecular flexibility index (Phi) is 6.52. The maximum absolute atomic E-state index is 13.3. The third-order valence-corrected chi connectivity index (χ3v) is 5.64. The van der Waals surface area contributed by atoms with Crippen LogP contribution in [0.25, 0.3) is 0 Å². The molecule has 29 heavy (non-hydrogen) atoms. The summed E-state index contributed by atoms with van der Waals surface area (Å²) < 4.78 is 13.3. The second-order valence-electron chi connectivity index (χ2n) is 7.51. The van der Waals surface area contributed by atoms with Crippen molar-refractivity contribution < 1.29 is 9.18 Å². The molecule has 3 N–H and O–H groups in total. The third-order valence-electron chi connectivity index (χ3n) is 5.64. The zero-order chi connectivity index (χ0) is 21.0. The first-order valence-electron chi connectivity index (χ1n) is 10.2. The lowest BCUT2D eigenvalue weighted by molar-refractivity contribution is -0.114. The Bertz CT molecular complexity index is 902. The first-order valence-corrected chi connectivity index (χ1v) is 10.2. The Labute approximate surface area is 171 Å². The lowest BCUT2D eigenvalue weighted by atomic mass is 9.91. The van der Waals surface area contributed by atoms with E-state index in [1.54, 1.807) is 19.2 Å². The van der Waals surface area contributed by atoms with Gasteiger partial charge < -0.3 is 16.0 Å². The molecule has 6 heteroatoms. The highest BCUT2D eigenvalue weighted by atomic mass is 19.1. The second-order valence-corrected chi connectivity index (χ2v) is 7.51. The molecule has 3 rings (SSSR count). The SMILES string of the molecule is CCN(C)c1cc(N)c(C(=Nc2ccc(F)cc2)C(=O)NC)cc1C1CCCC1. The van der Waals surface area contributed by atoms with Gasteiger partial charge in [-0.2, -0.15) is 0 Å². The van der Waals surface area contributed by atoms with Crippen LogP contribution in [0, 0.1) is 5.82 Å². The Morgan fingerprint density at radius 1 is 1.24 bits per heavy atom. The number of amides is 1. The van der Waals surface area contributed by atoms with E-state index >= 15 is 0 Å². The Morgan fingerprint density at radius 2 is 1.90 bits per heavy atom. The number of hydrogen-bond acceptors (Lipinski definition) is 4. The molecule has 0 radical (unpaired) electrons. The van der Waals surface area contributed by atoms with Crippen LogP contribution >= 0.6 is 0 Å². The van der Waals surface area contributed by atoms with E-state index in [0.29, 0.717) is 22.9 Å². The van der Waals surface area contributed by atoms with Crippen molar-refractivity contribution in [3.05, 3.63) is 53.3 Å². The fourth-order valence-electron chi connectivity index (χ4n) is 3.89. The monoisotopic (exact) mass is 396 g/mol. The van der Waals surface area contributed by atoms with Gasteiger partial charge in [0, 0.05) is 37.6 Å². The molecule has 154 valence electrons. The van der Waals surface area contributed by atoms with E-state index in [4.69, 9.17) is 5.73 Å². The number of nitrogens with two attached hydrogens (primary N) is 1. The molecule has 0 aromatic heterocycles. The number of benzene rings is 2. The van der Waals surface area contributed by atoms with Crippen LogP contribution in [-0.4, -0.2) is 32.3 Å². The highest BCUT2D eigenvalue weighted by Gasteiger charge is 2.25. The Hall–Kier alpha value is -2.89. The minimum Gasteiger partial charge on any atom is -0.398 e. The van der Waals surface area contributed by atoms with Crippen molar-refractivity contribution in [3.63, 3.8) is 0 Å². The van der Waals surface area contributed by atoms with Crippen molar-refractivity contribution in [3.8, 4) is 0 Å². The average molecular weight is 397 g/mol. The van der Waals surface area contributed by atoms with Gasteiger partial charge in [0.2, 0.25) is 0 Å². The van der Waals surface area contributed by atoms with Crippen molar-refractivity contribution in [2.45, 2.75) is 38.5 Å². The van der Waals surface area contributed by atoms with Crippen LogP contribution in [0.2, 0.25) is 0 Å². The summed E-state index contributed by atoms with van der Waals surface area (Å²) in [7, 11) is 3.62. The topological polar surface area (TPSA) is 70.7 Å². The molecule has 5 nitrogen and oxygen atoms in total. The first kappa shape index (κ1) is 20.8. The van der Waals surface area contributed by atoms with Crippen molar-refractivity contribution >= 4 is 28.7 Å². The van der Waals surface area contributed by atoms with E-state index in [1.165, 1.54) is 30.5 Å². The quantitative estimate of drug-likeness (QED) is 0.562. The normalized spacial score (nSPS) is 14.8. The summed E-state index contributed by atoms with van der Waals surface area (Å²) in [5.74, 6) is -0.217. The van der Waals surface area contributed by atoms with E-state index < -0.39 is 0 Å². The largest absolute Gasteiger partial charge is 0.398 e. The van der Waals surface area contributed by atoms with Gasteiger partial charge in [-0.1, -0.05) is 12.8 Å². The van der Waals surface area contributed by atoms with Crippen LogP contribution < -0.4 is 16.0 Å². The van der Waals surface area contributed by atoms with Crippen LogP contribution in [0.3, 0.4) is 0 Å². The van der Waals surface area contributed by atoms with Crippen LogP contribution in [0.15, 0.2) is 41.4 Å². The van der Waals surface area contributed by atoms with Gasteiger partial charge in [-0.15, -0.1) is 0 Å². The molecule has 2 aromatic rings. The standard InChI is InChI=1S/C23H29FN4O/c1-4-28(3)21-14-20(25)19(13-18(21)15-7-5-6-8-15)22(23(29)26-2)27-17-11-9-16(24)10-12-17/h9-15H,4-8,25H2,1-3H3,(H,26,29). The van der Waals surface area contributed by atoms with Crippen molar-refractivity contribution in [2.24, 2.45) is 4.99 Å². The van der Waals surface area contributed by atoms with Crippen molar-refractivity contribution in [1.29, 1.82) is 0 Å². The predicted molar refractivity (Wildman–Crippen MR) is 118 cm³/mol. The molecule has 2 aromatic carbocycles. The summed E-state index contributed by atoms with van der Waals surface area (Å²) in [6, 6.07) is 9.73. The Balaban J connectivity index is 2.15. The molecule has 0 heterocycles. The van der Waals surface area contributed by atoms with E-state index in [2.05, 4.69) is 29.2 Å². The molecule has 1 aliphatic rings. The van der Waals surface area contributed by atoms with Gasteiger partial charge in [0.25, 0.3) is 5.91 Å². The number of carbonyl (C=O) groups excluding carboxylic acids is 1. The van der Waals surface area contributed by atoms with Gasteiger partial charge in [-0.25, -0.2) is 9.38 Å². The number of likely N-dealkylation sites (N-methyl/N-ethyl adjacent to an activating group) is 1. The van der Waals surface area contributed by atoms with E-state index in [-0.39, 0.29) is 17.4 Å². The number of halogens is 1. The lowest BCUT2D eigenvalue weighted by Crippen LogP contribution is -2.29. The number of hydrogen-bond donors (Lipinski definition) is 2. The molecule has 1 saturated carbocycles. The summed E-state index contributed by atoms with van der Waals surface area (Å²) in [4.78, 5) is 19.4. The number of carbonyl (C=O) groups is 1. The molecule has 0 atom stereocenters. The highest BCUT2D eigenvalue weighted by Crippen LogP contribution is 2.41. The zero-order valence-corrected chi connectivity index (χ0v) is 17.3. The number of nitrogens with one attached hydrogen (secondary N) is 1. The van der Waals surface area contributed by atoms with E-state index in [0.717, 1.165) is 25.1 Å². The summed E-state index contributed by atoms with van der Waals surface area (Å²) in [5, 5.41) is 2.65. The first-order chi connectivity index (χ1) is 13.9. The van der Waals surface area contributed by atoms with Crippen LogP contribution in [-0.2, 0) is 4.79 Å². The van der Waals surface area contributed by atoms with E-state index in [9.17, 15) is 9.18 Å². The summed E-state index contributed by atoms with van der Waals surface area (Å²) in [5.41, 5.74) is 10.6. The van der Waals surface area contributed by atoms with Crippen molar-refractivity contribution in [1.82, 2.24) is 5.32 Å². The van der Waals surface area contributed by atoms with Crippen LogP contribution in [0.5, 0.6) is 0 Å². The number of rotatable bonds is 6. The molecular formula is C23H29FN4O. The minimum atomic E-state index is -0.347. The molecule has 0 unspecified atom stereocenters. The van der Waals surface area contributed by atoms with Crippen molar-refractivity contribution in [2.75, 3.05) is 31.3 Å². The third kappa shape index (κ3) is 4.58. The van der Waals surface area contributed by atoms with Gasteiger partial charge >= 0.3 is 0 Å². The predicted octanol–water partition coefficient (Wildman–Crippen LogP) is 4.39. The molecule has 1 amide bonds. The molecule has 0 aliphatic heterocycles. The van der Waals surface area contributed by atoms with Crippen LogP contribution in [0.4, 0.5) is 21.5 Å². The highest BCUT2D eigenvalue weighted by molar-refractivity contribution is 6.46. The number of anilines is 2. The number of nitrogens with zero attached hydrogens (tertiary/aromatic N) is 2. The summed E-state index contributed by atoms with van der Waals surface area (Å²) in [6.07, 6.45) is 4.70. The Morgan fingerprint density at radius 3 is 2.48 bits per heavy atom. The van der Waals surface area contributed by atoms with Gasteiger partial charge in [0.05, 0.1) is 5.69 Å². The number of nitrogen functional groups attached to an aromatic ring is 1. The maximum atomic E-state index is 13.3. The zero-order valence-electron chi connectivity index (χ0n) is 17.3. The lowest BCUT2D eigenvalue weighted by Gasteiger charge is -2.26. The molecule has 1 aliphatic carbocycles. The smallest absolute Gasteiger partial charge is 0.270 e. The molecule has 0 spiro atoms. The molecule has 1 fully saturated rings. The fourth-order valence-corrected chi connectivity index (χ4v) is 3.89. The van der Waals surface area contributed by atoms with Gasteiger partial charge in [0.15, 0.2) is 0 Å². The van der Waals surface area contributed by atoms with Gasteiger partial charge in [-0.3, -0.25) is 4.79 Å². The molecule has 0 bridgehead atoms. The maximum Gasteiger partial charge on any atom is 0.270 e. The van der Waals surface area contributed by atoms with Gasteiger partial charge in [0.1, 0.15) is 11.5 Å². The summed E-state index contributed by atoms with van der Waals surface area (Å²) >= 11 is 0. The second kappa shape index (κ2) is 9.07. The number of aliphatic imine (C=N–C) groups is 1. The van der Waals surface area contributed by atoms with E-state index in [1.807, 2.05) is 12.1 Å². The fraction of sp³-hybridized carbons (Fsp3) is 0.391. The molecular weight excluding hydrogens is 367 g/mol. The van der Waals surface area contributed by atoms with Gasteiger partial charge in [-0.05, 0) is 67.6 Å².